The smallest absolute Gasteiger partial charge is 0.129 e. The Kier molecular flexibility index (Phi) is 3.80. The summed E-state index contributed by atoms with van der Waals surface area (Å²) >= 11 is 0. The first-order valence-corrected chi connectivity index (χ1v) is 7.19. The summed E-state index contributed by atoms with van der Waals surface area (Å²) in [5.74, 6) is 1.76. The van der Waals surface area contributed by atoms with Crippen LogP contribution in [-0.4, -0.2) is 29.8 Å². The second kappa shape index (κ2) is 5.74. The molecule has 2 atom stereocenters. The summed E-state index contributed by atoms with van der Waals surface area (Å²) in [5, 5.41) is 10.1. The maximum Gasteiger partial charge on any atom is 0.129 e. The van der Waals surface area contributed by atoms with Crippen LogP contribution in [0.15, 0.2) is 42.5 Å². The highest BCUT2D eigenvalue weighted by Gasteiger charge is 2.33. The second-order valence-electron chi connectivity index (χ2n) is 5.47. The number of benzene rings is 1. The average molecular weight is 284 g/mol. The minimum absolute atomic E-state index is 0.129. The van der Waals surface area contributed by atoms with E-state index in [4.69, 9.17) is 4.74 Å². The molecule has 1 aliphatic rings. The number of pyridine rings is 1. The van der Waals surface area contributed by atoms with Crippen LogP contribution in [0.25, 0.3) is 0 Å². The van der Waals surface area contributed by atoms with E-state index in [2.05, 4.69) is 16.0 Å². The van der Waals surface area contributed by atoms with Crippen LogP contribution in [0.1, 0.15) is 23.7 Å². The first-order chi connectivity index (χ1) is 10.2. The van der Waals surface area contributed by atoms with Crippen molar-refractivity contribution in [2.24, 2.45) is 0 Å². The molecule has 1 N–H and O–H groups in total. The van der Waals surface area contributed by atoms with Gasteiger partial charge in [0.2, 0.25) is 0 Å². The fourth-order valence-corrected chi connectivity index (χ4v) is 2.92. The summed E-state index contributed by atoms with van der Waals surface area (Å²) in [5.41, 5.74) is 2.13. The molecule has 0 aliphatic carbocycles. The summed E-state index contributed by atoms with van der Waals surface area (Å²) in [6.45, 7) is 2.59. The molecule has 0 unspecified atom stereocenters. The summed E-state index contributed by atoms with van der Waals surface area (Å²) < 4.78 is 5.30. The molecular weight excluding hydrogens is 264 g/mol. The zero-order chi connectivity index (χ0) is 14.8. The van der Waals surface area contributed by atoms with Crippen molar-refractivity contribution >= 4 is 5.82 Å². The van der Waals surface area contributed by atoms with Crippen molar-refractivity contribution < 1.29 is 9.84 Å². The molecule has 0 bridgehead atoms. The largest absolute Gasteiger partial charge is 0.497 e. The molecule has 0 saturated carbocycles. The number of aliphatic hydroxyl groups is 1. The predicted molar refractivity (Wildman–Crippen MR) is 82.7 cm³/mol. The van der Waals surface area contributed by atoms with Crippen molar-refractivity contribution in [2.45, 2.75) is 25.5 Å². The summed E-state index contributed by atoms with van der Waals surface area (Å²) in [6.07, 6.45) is 0.381. The molecule has 4 heteroatoms. The molecule has 1 aromatic heterocycles. The Balaban J connectivity index is 1.95. The van der Waals surface area contributed by atoms with Gasteiger partial charge in [0, 0.05) is 12.2 Å². The first kappa shape index (κ1) is 13.9. The van der Waals surface area contributed by atoms with Gasteiger partial charge < -0.3 is 14.7 Å². The Morgan fingerprint density at radius 2 is 2.05 bits per heavy atom. The Morgan fingerprint density at radius 1 is 1.24 bits per heavy atom. The third-order valence-electron chi connectivity index (χ3n) is 3.93. The van der Waals surface area contributed by atoms with Crippen LogP contribution in [-0.2, 0) is 0 Å². The number of aromatic nitrogens is 1. The molecule has 21 heavy (non-hydrogen) atoms. The van der Waals surface area contributed by atoms with Gasteiger partial charge >= 0.3 is 0 Å². The summed E-state index contributed by atoms with van der Waals surface area (Å²) in [6, 6.07) is 14.1. The monoisotopic (exact) mass is 284 g/mol. The van der Waals surface area contributed by atoms with Crippen molar-refractivity contribution in [3.05, 3.63) is 53.7 Å². The fourth-order valence-electron chi connectivity index (χ4n) is 2.92. The van der Waals surface area contributed by atoms with E-state index >= 15 is 0 Å². The predicted octanol–water partition coefficient (Wildman–Crippen LogP) is 2.71. The van der Waals surface area contributed by atoms with Crippen LogP contribution in [0.5, 0.6) is 5.75 Å². The van der Waals surface area contributed by atoms with Gasteiger partial charge in [-0.1, -0.05) is 18.2 Å². The zero-order valence-corrected chi connectivity index (χ0v) is 12.4. The molecule has 2 heterocycles. The van der Waals surface area contributed by atoms with Gasteiger partial charge in [0.1, 0.15) is 11.6 Å². The normalized spacial score (nSPS) is 21.6. The minimum Gasteiger partial charge on any atom is -0.497 e. The van der Waals surface area contributed by atoms with E-state index in [1.165, 1.54) is 0 Å². The zero-order valence-electron chi connectivity index (χ0n) is 12.4. The van der Waals surface area contributed by atoms with Crippen LogP contribution in [0.4, 0.5) is 5.82 Å². The lowest BCUT2D eigenvalue weighted by atomic mass is 10.0. The first-order valence-electron chi connectivity index (χ1n) is 7.19. The highest BCUT2D eigenvalue weighted by Crippen LogP contribution is 2.36. The Bertz CT molecular complexity index is 630. The van der Waals surface area contributed by atoms with Crippen molar-refractivity contribution in [1.82, 2.24) is 4.98 Å². The van der Waals surface area contributed by atoms with Gasteiger partial charge in [-0.25, -0.2) is 4.98 Å². The lowest BCUT2D eigenvalue weighted by Crippen LogP contribution is -2.25. The second-order valence-corrected chi connectivity index (χ2v) is 5.47. The van der Waals surface area contributed by atoms with Crippen LogP contribution in [0.2, 0.25) is 0 Å². The van der Waals surface area contributed by atoms with E-state index in [1.807, 2.05) is 43.3 Å². The van der Waals surface area contributed by atoms with Crippen molar-refractivity contribution in [3.63, 3.8) is 0 Å². The summed E-state index contributed by atoms with van der Waals surface area (Å²) in [7, 11) is 1.67. The lowest BCUT2D eigenvalue weighted by molar-refractivity contribution is 0.194. The molecule has 0 spiro atoms. The van der Waals surface area contributed by atoms with Crippen LogP contribution >= 0.6 is 0 Å². The average Bonchev–Trinajstić information content (AvgIpc) is 2.89. The van der Waals surface area contributed by atoms with E-state index in [9.17, 15) is 5.11 Å². The van der Waals surface area contributed by atoms with Gasteiger partial charge in [-0.3, -0.25) is 0 Å². The van der Waals surface area contributed by atoms with Gasteiger partial charge in [0.25, 0.3) is 0 Å². The van der Waals surface area contributed by atoms with Gasteiger partial charge in [0.05, 0.1) is 19.3 Å². The number of ether oxygens (including phenoxy) is 1. The van der Waals surface area contributed by atoms with Crippen molar-refractivity contribution in [3.8, 4) is 5.75 Å². The standard InChI is InChI=1S/C17H20N2O2/c1-12-5-3-8-17(18-12)19-11-14(20)10-16(19)13-6-4-7-15(9-13)21-2/h3-9,14,16,20H,10-11H2,1-2H3/t14-,16+/m0/s1. The maximum atomic E-state index is 10.1. The summed E-state index contributed by atoms with van der Waals surface area (Å²) in [4.78, 5) is 6.76. The molecule has 2 aromatic rings. The van der Waals surface area contributed by atoms with Gasteiger partial charge in [-0.2, -0.15) is 0 Å². The number of aliphatic hydroxyl groups excluding tert-OH is 1. The molecule has 1 fully saturated rings. The number of methoxy groups -OCH3 is 1. The number of rotatable bonds is 3. The fraction of sp³-hybridized carbons (Fsp3) is 0.353. The number of β-amino-alcohol motifs (C(OH)–C–C–N with tert-alkyl or cyclic N) is 1. The van der Waals surface area contributed by atoms with Gasteiger partial charge in [-0.05, 0) is 43.2 Å². The minimum atomic E-state index is -0.330. The van der Waals surface area contributed by atoms with Crippen molar-refractivity contribution in [1.29, 1.82) is 0 Å². The number of aryl methyl sites for hydroxylation is 1. The Hall–Kier alpha value is -2.07. The molecule has 1 aliphatic heterocycles. The van der Waals surface area contributed by atoms with E-state index in [0.717, 1.165) is 22.8 Å². The van der Waals surface area contributed by atoms with E-state index in [0.29, 0.717) is 13.0 Å². The lowest BCUT2D eigenvalue weighted by Gasteiger charge is -2.26. The molecule has 110 valence electrons. The molecular formula is C17H20N2O2. The number of nitrogens with zero attached hydrogens (tertiary/aromatic N) is 2. The number of hydrogen-bond donors (Lipinski definition) is 1. The van der Waals surface area contributed by atoms with Crippen LogP contribution in [0.3, 0.4) is 0 Å². The molecule has 0 amide bonds. The van der Waals surface area contributed by atoms with Crippen LogP contribution in [0, 0.1) is 6.92 Å². The SMILES string of the molecule is COc1cccc([C@H]2C[C@H](O)CN2c2cccc(C)n2)c1. The molecule has 3 rings (SSSR count). The highest BCUT2D eigenvalue weighted by molar-refractivity contribution is 5.46. The molecule has 1 saturated heterocycles. The van der Waals surface area contributed by atoms with Gasteiger partial charge in [-0.15, -0.1) is 0 Å². The third kappa shape index (κ3) is 2.85. The maximum absolute atomic E-state index is 10.1. The van der Waals surface area contributed by atoms with E-state index in [-0.39, 0.29) is 12.1 Å². The highest BCUT2D eigenvalue weighted by atomic mass is 16.5. The molecule has 4 nitrogen and oxygen atoms in total. The van der Waals surface area contributed by atoms with Crippen molar-refractivity contribution in [2.75, 3.05) is 18.6 Å². The topological polar surface area (TPSA) is 45.6 Å². The van der Waals surface area contributed by atoms with Gasteiger partial charge in [0.15, 0.2) is 0 Å². The van der Waals surface area contributed by atoms with Crippen LogP contribution < -0.4 is 9.64 Å². The Labute approximate surface area is 125 Å². The van der Waals surface area contributed by atoms with E-state index < -0.39 is 0 Å². The quantitative estimate of drug-likeness (QED) is 0.941. The molecule has 0 radical (unpaired) electrons. The van der Waals surface area contributed by atoms with E-state index in [1.54, 1.807) is 7.11 Å². The number of hydrogen-bond acceptors (Lipinski definition) is 4. The third-order valence-corrected chi connectivity index (χ3v) is 3.93. The number of anilines is 1. The Morgan fingerprint density at radius 3 is 2.81 bits per heavy atom. The molecule has 1 aromatic carbocycles.